The Morgan fingerprint density at radius 1 is 1.19 bits per heavy atom. The highest BCUT2D eigenvalue weighted by Crippen LogP contribution is 2.23. The van der Waals surface area contributed by atoms with E-state index in [0.29, 0.717) is 25.1 Å². The maximum Gasteiger partial charge on any atom is 0.254 e. The predicted molar refractivity (Wildman–Crippen MR) is 106 cm³/mol. The number of piperazine rings is 1. The number of carbonyl (C=O) groups is 2. The normalized spacial score (nSPS) is 14.2. The Morgan fingerprint density at radius 2 is 1.93 bits per heavy atom. The highest BCUT2D eigenvalue weighted by atomic mass is 16.5. The van der Waals surface area contributed by atoms with Crippen molar-refractivity contribution in [2.24, 2.45) is 0 Å². The Labute approximate surface area is 159 Å². The molecule has 3 rings (SSSR count). The van der Waals surface area contributed by atoms with Crippen LogP contribution in [0.1, 0.15) is 21.5 Å². The molecule has 5 heteroatoms. The Morgan fingerprint density at radius 3 is 2.56 bits per heavy atom. The van der Waals surface area contributed by atoms with Gasteiger partial charge in [-0.2, -0.15) is 0 Å². The molecule has 2 aromatic carbocycles. The Bertz CT molecular complexity index is 858. The third-order valence-corrected chi connectivity index (χ3v) is 4.75. The minimum atomic E-state index is -0.139. The molecular weight excluding hydrogens is 340 g/mol. The van der Waals surface area contributed by atoms with Gasteiger partial charge >= 0.3 is 0 Å². The molecular formula is C22H24N2O3. The van der Waals surface area contributed by atoms with Crippen LogP contribution in [0, 0.1) is 6.92 Å². The summed E-state index contributed by atoms with van der Waals surface area (Å²) in [6.45, 7) is 6.83. The average molecular weight is 364 g/mol. The van der Waals surface area contributed by atoms with Crippen LogP contribution in [0.4, 0.5) is 5.69 Å². The van der Waals surface area contributed by atoms with Crippen molar-refractivity contribution in [2.75, 3.05) is 31.6 Å². The molecule has 0 N–H and O–H groups in total. The molecule has 1 heterocycles. The van der Waals surface area contributed by atoms with E-state index in [2.05, 4.69) is 6.58 Å². The first-order valence-corrected chi connectivity index (χ1v) is 8.97. The van der Waals surface area contributed by atoms with Crippen molar-refractivity contribution in [3.8, 4) is 5.75 Å². The fourth-order valence-electron chi connectivity index (χ4n) is 3.25. The molecule has 1 fully saturated rings. The van der Waals surface area contributed by atoms with Crippen LogP contribution in [0.2, 0.25) is 0 Å². The van der Waals surface area contributed by atoms with Crippen molar-refractivity contribution in [2.45, 2.75) is 13.3 Å². The molecule has 0 aliphatic carbocycles. The van der Waals surface area contributed by atoms with E-state index < -0.39 is 0 Å². The van der Waals surface area contributed by atoms with Gasteiger partial charge in [0.15, 0.2) is 0 Å². The van der Waals surface area contributed by atoms with Crippen LogP contribution in [-0.4, -0.2) is 43.5 Å². The van der Waals surface area contributed by atoms with Crippen molar-refractivity contribution in [1.29, 1.82) is 0 Å². The van der Waals surface area contributed by atoms with Crippen molar-refractivity contribution < 1.29 is 14.3 Å². The molecule has 0 aromatic heterocycles. The van der Waals surface area contributed by atoms with Crippen molar-refractivity contribution in [3.63, 3.8) is 0 Å². The lowest BCUT2D eigenvalue weighted by atomic mass is 10.1. The summed E-state index contributed by atoms with van der Waals surface area (Å²) in [6.07, 6.45) is 2.39. The number of ether oxygens (including phenoxy) is 1. The van der Waals surface area contributed by atoms with Crippen LogP contribution in [0.5, 0.6) is 5.75 Å². The van der Waals surface area contributed by atoms with Gasteiger partial charge in [-0.1, -0.05) is 23.8 Å². The lowest BCUT2D eigenvalue weighted by Gasteiger charge is -2.34. The van der Waals surface area contributed by atoms with E-state index >= 15 is 0 Å². The third kappa shape index (κ3) is 4.03. The zero-order chi connectivity index (χ0) is 19.4. The van der Waals surface area contributed by atoms with Crippen molar-refractivity contribution in [1.82, 2.24) is 4.90 Å². The fourth-order valence-corrected chi connectivity index (χ4v) is 3.25. The number of nitrogens with zero attached hydrogens (tertiary/aromatic N) is 2. The monoisotopic (exact) mass is 364 g/mol. The minimum absolute atomic E-state index is 0.0710. The van der Waals surface area contributed by atoms with Gasteiger partial charge in [-0.15, -0.1) is 6.58 Å². The van der Waals surface area contributed by atoms with Crippen LogP contribution in [0.15, 0.2) is 55.1 Å². The molecule has 27 heavy (non-hydrogen) atoms. The number of benzene rings is 2. The molecule has 1 aliphatic rings. The second-order valence-corrected chi connectivity index (χ2v) is 6.63. The summed E-state index contributed by atoms with van der Waals surface area (Å²) in [4.78, 5) is 28.8. The Hall–Kier alpha value is -3.08. The summed E-state index contributed by atoms with van der Waals surface area (Å²) in [6, 6.07) is 13.2. The minimum Gasteiger partial charge on any atom is -0.496 e. The number of hydrogen-bond acceptors (Lipinski definition) is 3. The molecule has 0 radical (unpaired) electrons. The number of methoxy groups -OCH3 is 1. The summed E-state index contributed by atoms with van der Waals surface area (Å²) in [7, 11) is 1.60. The van der Waals surface area contributed by atoms with Crippen molar-refractivity contribution >= 4 is 17.5 Å². The molecule has 0 spiro atoms. The Kier molecular flexibility index (Phi) is 5.60. The Balaban J connectivity index is 1.74. The molecule has 1 saturated heterocycles. The summed E-state index contributed by atoms with van der Waals surface area (Å²) in [5.41, 5.74) is 3.48. The summed E-state index contributed by atoms with van der Waals surface area (Å²) in [5.74, 6) is 0.518. The molecule has 140 valence electrons. The molecule has 5 nitrogen and oxygen atoms in total. The van der Waals surface area contributed by atoms with Gasteiger partial charge in [0.2, 0.25) is 5.91 Å². The smallest absolute Gasteiger partial charge is 0.254 e. The standard InChI is InChI=1S/C22H24N2O3/c1-4-5-17-14-18(8-11-20(17)27-3)22(26)23-12-13-24(21(25)15-23)19-9-6-16(2)7-10-19/h4,6-11,14H,1,5,12-13,15H2,2-3H3. The van der Waals surface area contributed by atoms with Gasteiger partial charge in [0.05, 0.1) is 7.11 Å². The maximum absolute atomic E-state index is 12.9. The van der Waals surface area contributed by atoms with Gasteiger partial charge < -0.3 is 14.5 Å². The number of rotatable bonds is 5. The second kappa shape index (κ2) is 8.08. The first-order valence-electron chi connectivity index (χ1n) is 8.97. The summed E-state index contributed by atoms with van der Waals surface area (Å²) in [5, 5.41) is 0. The lowest BCUT2D eigenvalue weighted by Crippen LogP contribution is -2.52. The first kappa shape index (κ1) is 18.7. The highest BCUT2D eigenvalue weighted by molar-refractivity contribution is 6.01. The van der Waals surface area contributed by atoms with E-state index in [-0.39, 0.29) is 18.4 Å². The highest BCUT2D eigenvalue weighted by Gasteiger charge is 2.28. The number of carbonyl (C=O) groups excluding carboxylic acids is 2. The van der Waals surface area contributed by atoms with E-state index in [1.54, 1.807) is 35.1 Å². The molecule has 0 unspecified atom stereocenters. The quantitative estimate of drug-likeness (QED) is 0.766. The van der Waals surface area contributed by atoms with E-state index in [1.165, 1.54) is 0 Å². The molecule has 2 aromatic rings. The van der Waals surface area contributed by atoms with Gasteiger partial charge in [-0.25, -0.2) is 0 Å². The number of hydrogen-bond donors (Lipinski definition) is 0. The van der Waals surface area contributed by atoms with Crippen LogP contribution in [0.25, 0.3) is 0 Å². The maximum atomic E-state index is 12.9. The largest absolute Gasteiger partial charge is 0.496 e. The molecule has 2 amide bonds. The fraction of sp³-hybridized carbons (Fsp3) is 0.273. The summed E-state index contributed by atoms with van der Waals surface area (Å²) >= 11 is 0. The van der Waals surface area contributed by atoms with Crippen molar-refractivity contribution in [3.05, 3.63) is 71.8 Å². The zero-order valence-corrected chi connectivity index (χ0v) is 15.8. The van der Waals surface area contributed by atoms with Gasteiger partial charge in [-0.05, 0) is 49.2 Å². The number of anilines is 1. The van der Waals surface area contributed by atoms with E-state index in [0.717, 1.165) is 22.6 Å². The van der Waals surface area contributed by atoms with Crippen LogP contribution < -0.4 is 9.64 Å². The van der Waals surface area contributed by atoms with Gasteiger partial charge in [0.25, 0.3) is 5.91 Å². The average Bonchev–Trinajstić information content (AvgIpc) is 2.68. The number of amides is 2. The molecule has 0 atom stereocenters. The van der Waals surface area contributed by atoms with Gasteiger partial charge in [-0.3, -0.25) is 9.59 Å². The van der Waals surface area contributed by atoms with Crippen LogP contribution in [-0.2, 0) is 11.2 Å². The SMILES string of the molecule is C=CCc1cc(C(=O)N2CCN(c3ccc(C)cc3)C(=O)C2)ccc1OC. The van der Waals surface area contributed by atoms with E-state index in [4.69, 9.17) is 4.74 Å². The molecule has 0 saturated carbocycles. The predicted octanol–water partition coefficient (Wildman–Crippen LogP) is 3.22. The number of aryl methyl sites for hydroxylation is 1. The van der Waals surface area contributed by atoms with E-state index in [9.17, 15) is 9.59 Å². The lowest BCUT2D eigenvalue weighted by molar-refractivity contribution is -0.120. The van der Waals surface area contributed by atoms with E-state index in [1.807, 2.05) is 37.3 Å². The first-order chi connectivity index (χ1) is 13.0. The van der Waals surface area contributed by atoms with Crippen LogP contribution in [0.3, 0.4) is 0 Å². The topological polar surface area (TPSA) is 49.9 Å². The van der Waals surface area contributed by atoms with Crippen LogP contribution >= 0.6 is 0 Å². The summed E-state index contributed by atoms with van der Waals surface area (Å²) < 4.78 is 5.33. The molecule has 0 bridgehead atoms. The second-order valence-electron chi connectivity index (χ2n) is 6.63. The van der Waals surface area contributed by atoms with Gasteiger partial charge in [0.1, 0.15) is 12.3 Å². The van der Waals surface area contributed by atoms with Gasteiger partial charge in [0, 0.05) is 24.3 Å². The number of allylic oxidation sites excluding steroid dienone is 1. The third-order valence-electron chi connectivity index (χ3n) is 4.75. The zero-order valence-electron chi connectivity index (χ0n) is 15.8. The molecule has 1 aliphatic heterocycles.